The summed E-state index contributed by atoms with van der Waals surface area (Å²) in [4.78, 5) is 30.2. The molecule has 0 fully saturated rings. The molecule has 0 aliphatic heterocycles. The van der Waals surface area contributed by atoms with Crippen LogP contribution in [0.5, 0.6) is 0 Å². The number of para-hydroxylation sites is 2. The van der Waals surface area contributed by atoms with Crippen LogP contribution in [0.1, 0.15) is 37.7 Å². The van der Waals surface area contributed by atoms with Crippen molar-refractivity contribution in [1.29, 1.82) is 0 Å². The Kier molecular flexibility index (Phi) is 5.44. The van der Waals surface area contributed by atoms with Gasteiger partial charge in [-0.15, -0.1) is 0 Å². The maximum absolute atomic E-state index is 12.8. The number of rotatable bonds is 6. The molecule has 4 rings (SSSR count). The van der Waals surface area contributed by atoms with E-state index in [-0.39, 0.29) is 24.8 Å². The number of Topliss-reactive ketones (excluding diaryl/α,β-unsaturated/α-hetero) is 1. The summed E-state index contributed by atoms with van der Waals surface area (Å²) in [7, 11) is 0. The minimum atomic E-state index is -0.152. The lowest BCUT2D eigenvalue weighted by Gasteiger charge is -2.11. The quantitative estimate of drug-likeness (QED) is 0.489. The minimum Gasteiger partial charge on any atom is -0.345 e. The fraction of sp³-hybridized carbons (Fsp3) is 0.160. The number of carbonyl (C=O) groups is 2. The van der Waals surface area contributed by atoms with E-state index in [0.717, 1.165) is 22.2 Å². The highest BCUT2D eigenvalue weighted by Crippen LogP contribution is 2.18. The average Bonchev–Trinajstić information content (AvgIpc) is 3.10. The third kappa shape index (κ3) is 4.01. The first-order chi connectivity index (χ1) is 14.5. The molecule has 0 bridgehead atoms. The molecule has 0 radical (unpaired) electrons. The Morgan fingerprint density at radius 2 is 1.67 bits per heavy atom. The Morgan fingerprint density at radius 1 is 0.933 bits per heavy atom. The fourth-order valence-corrected chi connectivity index (χ4v) is 3.62. The highest BCUT2D eigenvalue weighted by atomic mass is 16.1. The van der Waals surface area contributed by atoms with Gasteiger partial charge in [0.2, 0.25) is 0 Å². The second kappa shape index (κ2) is 8.33. The molecule has 0 aliphatic rings. The van der Waals surface area contributed by atoms with Crippen LogP contribution >= 0.6 is 0 Å². The standard InChI is InChI=1S/C25H23N3O2/c1-17-12-13-20(18(2)14-17)25(30)26-15-24-27-21-10-6-7-11-22(21)28(24)16-23(29)19-8-4-3-5-9-19/h3-14H,15-16H2,1-2H3,(H,26,30). The highest BCUT2D eigenvalue weighted by Gasteiger charge is 2.16. The summed E-state index contributed by atoms with van der Waals surface area (Å²) < 4.78 is 1.88. The van der Waals surface area contributed by atoms with Crippen LogP contribution in [-0.4, -0.2) is 21.2 Å². The molecule has 5 nitrogen and oxygen atoms in total. The topological polar surface area (TPSA) is 64.0 Å². The lowest BCUT2D eigenvalue weighted by molar-refractivity contribution is 0.0949. The number of hydrogen-bond acceptors (Lipinski definition) is 3. The molecule has 0 unspecified atom stereocenters. The van der Waals surface area contributed by atoms with Gasteiger partial charge >= 0.3 is 0 Å². The van der Waals surface area contributed by atoms with Crippen molar-refractivity contribution in [2.75, 3.05) is 0 Å². The molecular weight excluding hydrogens is 374 g/mol. The molecule has 4 aromatic rings. The second-order valence-corrected chi connectivity index (χ2v) is 7.39. The number of ketones is 1. The molecule has 1 heterocycles. The van der Waals surface area contributed by atoms with Crippen LogP contribution in [0.4, 0.5) is 0 Å². The molecular formula is C25H23N3O2. The molecule has 0 saturated carbocycles. The van der Waals surface area contributed by atoms with Crippen molar-refractivity contribution < 1.29 is 9.59 Å². The number of carbonyl (C=O) groups excluding carboxylic acids is 2. The fourth-order valence-electron chi connectivity index (χ4n) is 3.62. The van der Waals surface area contributed by atoms with E-state index in [2.05, 4.69) is 10.3 Å². The van der Waals surface area contributed by atoms with Crippen LogP contribution in [0.15, 0.2) is 72.8 Å². The van der Waals surface area contributed by atoms with Gasteiger partial charge in [0.25, 0.3) is 5.91 Å². The van der Waals surface area contributed by atoms with Crippen LogP contribution in [-0.2, 0) is 13.1 Å². The number of fused-ring (bicyclic) bond motifs is 1. The van der Waals surface area contributed by atoms with Gasteiger partial charge in [0, 0.05) is 11.1 Å². The number of amides is 1. The third-order valence-electron chi connectivity index (χ3n) is 5.16. The molecule has 30 heavy (non-hydrogen) atoms. The third-order valence-corrected chi connectivity index (χ3v) is 5.16. The summed E-state index contributed by atoms with van der Waals surface area (Å²) in [5.41, 5.74) is 5.02. The van der Waals surface area contributed by atoms with Gasteiger partial charge < -0.3 is 9.88 Å². The van der Waals surface area contributed by atoms with Gasteiger partial charge in [0.15, 0.2) is 5.78 Å². The first kappa shape index (κ1) is 19.6. The van der Waals surface area contributed by atoms with E-state index in [0.29, 0.717) is 17.0 Å². The summed E-state index contributed by atoms with van der Waals surface area (Å²) >= 11 is 0. The molecule has 0 aliphatic carbocycles. The molecule has 3 aromatic carbocycles. The normalized spacial score (nSPS) is 10.9. The number of hydrogen-bond donors (Lipinski definition) is 1. The largest absolute Gasteiger partial charge is 0.345 e. The second-order valence-electron chi connectivity index (χ2n) is 7.39. The van der Waals surface area contributed by atoms with Gasteiger partial charge in [0.05, 0.1) is 24.1 Å². The first-order valence-electron chi connectivity index (χ1n) is 9.91. The lowest BCUT2D eigenvalue weighted by atomic mass is 10.1. The summed E-state index contributed by atoms with van der Waals surface area (Å²) in [6.07, 6.45) is 0. The zero-order valence-electron chi connectivity index (χ0n) is 17.1. The van der Waals surface area contributed by atoms with E-state index in [4.69, 9.17) is 0 Å². The number of nitrogens with one attached hydrogen (secondary N) is 1. The number of aromatic nitrogens is 2. The molecule has 1 aromatic heterocycles. The van der Waals surface area contributed by atoms with E-state index in [1.54, 1.807) is 0 Å². The molecule has 0 atom stereocenters. The molecule has 5 heteroatoms. The van der Waals surface area contributed by atoms with E-state index in [9.17, 15) is 9.59 Å². The van der Waals surface area contributed by atoms with Crippen molar-refractivity contribution in [3.63, 3.8) is 0 Å². The van der Waals surface area contributed by atoms with Gasteiger partial charge in [-0.05, 0) is 37.6 Å². The van der Waals surface area contributed by atoms with Crippen molar-refractivity contribution in [1.82, 2.24) is 14.9 Å². The molecule has 1 N–H and O–H groups in total. The minimum absolute atomic E-state index is 0.000656. The summed E-state index contributed by atoms with van der Waals surface area (Å²) in [6.45, 7) is 4.33. The van der Waals surface area contributed by atoms with Crippen molar-refractivity contribution >= 4 is 22.7 Å². The highest BCUT2D eigenvalue weighted by molar-refractivity contribution is 5.97. The van der Waals surface area contributed by atoms with Gasteiger partial charge in [-0.1, -0.05) is 60.2 Å². The number of imidazole rings is 1. The Balaban J connectivity index is 1.60. The summed E-state index contributed by atoms with van der Waals surface area (Å²) in [5.74, 6) is 0.500. The maximum atomic E-state index is 12.8. The van der Waals surface area contributed by atoms with Crippen molar-refractivity contribution in [2.45, 2.75) is 26.9 Å². The predicted octanol–water partition coefficient (Wildman–Crippen LogP) is 4.47. The summed E-state index contributed by atoms with van der Waals surface area (Å²) in [6, 6.07) is 22.6. The van der Waals surface area contributed by atoms with Crippen molar-refractivity contribution in [3.05, 3.63) is 101 Å². The molecule has 150 valence electrons. The zero-order valence-corrected chi connectivity index (χ0v) is 17.1. The van der Waals surface area contributed by atoms with Crippen LogP contribution in [0.2, 0.25) is 0 Å². The first-order valence-corrected chi connectivity index (χ1v) is 9.91. The van der Waals surface area contributed by atoms with Crippen LogP contribution in [0, 0.1) is 13.8 Å². The van der Waals surface area contributed by atoms with Crippen LogP contribution in [0.25, 0.3) is 11.0 Å². The molecule has 0 spiro atoms. The maximum Gasteiger partial charge on any atom is 0.251 e. The van der Waals surface area contributed by atoms with Crippen molar-refractivity contribution in [2.24, 2.45) is 0 Å². The van der Waals surface area contributed by atoms with Gasteiger partial charge in [-0.2, -0.15) is 0 Å². The van der Waals surface area contributed by atoms with E-state index >= 15 is 0 Å². The van der Waals surface area contributed by atoms with Crippen molar-refractivity contribution in [3.8, 4) is 0 Å². The SMILES string of the molecule is Cc1ccc(C(=O)NCc2nc3ccccc3n2CC(=O)c2ccccc2)c(C)c1. The zero-order chi connectivity index (χ0) is 21.1. The van der Waals surface area contributed by atoms with E-state index in [1.807, 2.05) is 91.2 Å². The lowest BCUT2D eigenvalue weighted by Crippen LogP contribution is -2.26. The Bertz CT molecular complexity index is 1230. The van der Waals surface area contributed by atoms with Crippen LogP contribution in [0.3, 0.4) is 0 Å². The summed E-state index contributed by atoms with van der Waals surface area (Å²) in [5, 5.41) is 2.96. The Morgan fingerprint density at radius 3 is 2.43 bits per heavy atom. The van der Waals surface area contributed by atoms with Crippen LogP contribution < -0.4 is 5.32 Å². The monoisotopic (exact) mass is 397 g/mol. The molecule has 0 saturated heterocycles. The van der Waals surface area contributed by atoms with E-state index < -0.39 is 0 Å². The Labute approximate surface area is 175 Å². The van der Waals surface area contributed by atoms with Gasteiger partial charge in [0.1, 0.15) is 5.82 Å². The number of nitrogens with zero attached hydrogens (tertiary/aromatic N) is 2. The Hall–Kier alpha value is -3.73. The van der Waals surface area contributed by atoms with Gasteiger partial charge in [-0.25, -0.2) is 4.98 Å². The number of benzene rings is 3. The van der Waals surface area contributed by atoms with Gasteiger partial charge in [-0.3, -0.25) is 9.59 Å². The smallest absolute Gasteiger partial charge is 0.251 e. The van der Waals surface area contributed by atoms with E-state index in [1.165, 1.54) is 0 Å². The molecule has 1 amide bonds. The number of aryl methyl sites for hydroxylation is 2. The average molecular weight is 397 g/mol. The predicted molar refractivity (Wildman–Crippen MR) is 118 cm³/mol.